The molecule has 0 bridgehead atoms. The van der Waals surface area contributed by atoms with Crippen molar-refractivity contribution in [2.24, 2.45) is 5.41 Å². The Morgan fingerprint density at radius 2 is 1.90 bits per heavy atom. The zero-order chi connectivity index (χ0) is 14.2. The molecule has 1 atom stereocenters. The minimum atomic E-state index is -0.152. The smallest absolute Gasteiger partial charge is 0.245 e. The lowest BCUT2D eigenvalue weighted by atomic mass is 9.82. The molecule has 2 heterocycles. The van der Waals surface area contributed by atoms with Crippen LogP contribution < -0.4 is 0 Å². The first kappa shape index (κ1) is 13.9. The maximum absolute atomic E-state index is 12.7. The number of amides is 2. The van der Waals surface area contributed by atoms with Gasteiger partial charge in [0.05, 0.1) is 6.54 Å². The second-order valence-electron chi connectivity index (χ2n) is 6.85. The normalized spacial score (nSPS) is 29.8. The van der Waals surface area contributed by atoms with Crippen LogP contribution in [0.15, 0.2) is 0 Å². The zero-order valence-corrected chi connectivity index (χ0v) is 12.6. The van der Waals surface area contributed by atoms with E-state index in [1.807, 2.05) is 9.80 Å². The minimum absolute atomic E-state index is 0.152. The van der Waals surface area contributed by atoms with Gasteiger partial charge in [-0.15, -0.1) is 0 Å². The van der Waals surface area contributed by atoms with Crippen LogP contribution in [-0.4, -0.2) is 47.3 Å². The molecular weight excluding hydrogens is 252 g/mol. The van der Waals surface area contributed by atoms with E-state index in [9.17, 15) is 9.59 Å². The summed E-state index contributed by atoms with van der Waals surface area (Å²) in [5.41, 5.74) is 0.285. The molecule has 2 amide bonds. The summed E-state index contributed by atoms with van der Waals surface area (Å²) in [4.78, 5) is 28.7. The highest BCUT2D eigenvalue weighted by Gasteiger charge is 2.43. The van der Waals surface area contributed by atoms with Gasteiger partial charge in [-0.25, -0.2) is 0 Å². The minimum Gasteiger partial charge on any atom is -0.331 e. The summed E-state index contributed by atoms with van der Waals surface area (Å²) in [6, 6.07) is -0.152. The highest BCUT2D eigenvalue weighted by Crippen LogP contribution is 2.42. The lowest BCUT2D eigenvalue weighted by Gasteiger charge is -2.45. The third kappa shape index (κ3) is 2.33. The van der Waals surface area contributed by atoms with Crippen LogP contribution in [0.3, 0.4) is 0 Å². The Labute approximate surface area is 121 Å². The second-order valence-corrected chi connectivity index (χ2v) is 6.85. The number of carbonyl (C=O) groups excluding carboxylic acids is 2. The van der Waals surface area contributed by atoms with Crippen LogP contribution in [0.4, 0.5) is 0 Å². The van der Waals surface area contributed by atoms with Crippen molar-refractivity contribution in [2.75, 3.05) is 19.6 Å². The molecule has 20 heavy (non-hydrogen) atoms. The van der Waals surface area contributed by atoms with E-state index in [0.29, 0.717) is 6.54 Å². The number of hydrogen-bond donors (Lipinski definition) is 0. The molecule has 1 aliphatic carbocycles. The molecular formula is C16H26N2O2. The van der Waals surface area contributed by atoms with Gasteiger partial charge in [-0.2, -0.15) is 0 Å². The SMILES string of the molecule is CCC1(CN2CC(=O)N3CCCCC3C2=O)CCCC1. The van der Waals surface area contributed by atoms with Crippen LogP contribution in [0.1, 0.15) is 58.3 Å². The molecule has 3 aliphatic rings. The summed E-state index contributed by atoms with van der Waals surface area (Å²) >= 11 is 0. The standard InChI is InChI=1S/C16H26N2O2/c1-2-16(8-4-5-9-16)12-17-11-14(19)18-10-6-3-7-13(18)15(17)20/h13H,2-12H2,1H3. The first-order valence-corrected chi connectivity index (χ1v) is 8.23. The predicted molar refractivity (Wildman–Crippen MR) is 77.1 cm³/mol. The molecule has 0 aromatic carbocycles. The third-order valence-electron chi connectivity index (χ3n) is 5.69. The van der Waals surface area contributed by atoms with Crippen LogP contribution >= 0.6 is 0 Å². The fourth-order valence-electron chi connectivity index (χ4n) is 4.32. The highest BCUT2D eigenvalue weighted by molar-refractivity contribution is 5.95. The molecule has 0 aromatic heterocycles. The molecule has 0 spiro atoms. The first-order chi connectivity index (χ1) is 9.65. The molecule has 1 unspecified atom stereocenters. The first-order valence-electron chi connectivity index (χ1n) is 8.23. The Kier molecular flexibility index (Phi) is 3.74. The average Bonchev–Trinajstić information content (AvgIpc) is 2.94. The van der Waals surface area contributed by atoms with E-state index >= 15 is 0 Å². The van der Waals surface area contributed by atoms with Gasteiger partial charge >= 0.3 is 0 Å². The monoisotopic (exact) mass is 278 g/mol. The van der Waals surface area contributed by atoms with Crippen LogP contribution in [0.5, 0.6) is 0 Å². The summed E-state index contributed by atoms with van der Waals surface area (Å²) in [7, 11) is 0. The Balaban J connectivity index is 1.73. The number of piperazine rings is 1. The summed E-state index contributed by atoms with van der Waals surface area (Å²) in [6.07, 6.45) is 9.10. The van der Waals surface area contributed by atoms with E-state index in [-0.39, 0.29) is 23.3 Å². The lowest BCUT2D eigenvalue weighted by molar-refractivity contribution is -0.159. The van der Waals surface area contributed by atoms with Gasteiger partial charge in [-0.05, 0) is 43.9 Å². The Morgan fingerprint density at radius 3 is 2.60 bits per heavy atom. The van der Waals surface area contributed by atoms with Gasteiger partial charge in [0.2, 0.25) is 11.8 Å². The number of piperidine rings is 1. The maximum Gasteiger partial charge on any atom is 0.245 e. The van der Waals surface area contributed by atoms with Gasteiger partial charge in [0.15, 0.2) is 0 Å². The maximum atomic E-state index is 12.7. The topological polar surface area (TPSA) is 40.6 Å². The van der Waals surface area contributed by atoms with Crippen molar-refractivity contribution in [1.29, 1.82) is 0 Å². The molecule has 0 N–H and O–H groups in total. The summed E-state index contributed by atoms with van der Waals surface area (Å²) in [5, 5.41) is 0. The van der Waals surface area contributed by atoms with Crippen molar-refractivity contribution in [1.82, 2.24) is 9.80 Å². The summed E-state index contributed by atoms with van der Waals surface area (Å²) in [5.74, 6) is 0.377. The van der Waals surface area contributed by atoms with Crippen molar-refractivity contribution >= 4 is 11.8 Å². The average molecular weight is 278 g/mol. The number of carbonyl (C=O) groups is 2. The van der Waals surface area contributed by atoms with Crippen molar-refractivity contribution in [3.63, 3.8) is 0 Å². The quantitative estimate of drug-likeness (QED) is 0.794. The van der Waals surface area contributed by atoms with Crippen molar-refractivity contribution < 1.29 is 9.59 Å². The molecule has 112 valence electrons. The van der Waals surface area contributed by atoms with E-state index in [1.54, 1.807) is 0 Å². The van der Waals surface area contributed by atoms with Crippen LogP contribution in [-0.2, 0) is 9.59 Å². The van der Waals surface area contributed by atoms with E-state index in [0.717, 1.165) is 38.8 Å². The summed E-state index contributed by atoms with van der Waals surface area (Å²) < 4.78 is 0. The van der Waals surface area contributed by atoms with E-state index in [2.05, 4.69) is 6.92 Å². The van der Waals surface area contributed by atoms with E-state index in [1.165, 1.54) is 25.7 Å². The fourth-order valence-corrected chi connectivity index (χ4v) is 4.32. The number of nitrogens with zero attached hydrogens (tertiary/aromatic N) is 2. The molecule has 4 nitrogen and oxygen atoms in total. The molecule has 1 saturated carbocycles. The molecule has 4 heteroatoms. The number of rotatable bonds is 3. The molecule has 0 radical (unpaired) electrons. The van der Waals surface area contributed by atoms with Gasteiger partial charge in [-0.1, -0.05) is 19.8 Å². The van der Waals surface area contributed by atoms with Gasteiger partial charge in [0, 0.05) is 13.1 Å². The molecule has 2 saturated heterocycles. The van der Waals surface area contributed by atoms with Crippen LogP contribution in [0.25, 0.3) is 0 Å². The second kappa shape index (κ2) is 5.38. The lowest BCUT2D eigenvalue weighted by Crippen LogP contribution is -2.62. The molecule has 3 fully saturated rings. The van der Waals surface area contributed by atoms with Gasteiger partial charge in [0.25, 0.3) is 0 Å². The van der Waals surface area contributed by atoms with Gasteiger partial charge in [0.1, 0.15) is 6.04 Å². The Hall–Kier alpha value is -1.06. The number of fused-ring (bicyclic) bond motifs is 1. The van der Waals surface area contributed by atoms with E-state index < -0.39 is 0 Å². The van der Waals surface area contributed by atoms with Crippen molar-refractivity contribution in [3.8, 4) is 0 Å². The fraction of sp³-hybridized carbons (Fsp3) is 0.875. The summed E-state index contributed by atoms with van der Waals surface area (Å²) in [6.45, 7) is 4.13. The highest BCUT2D eigenvalue weighted by atomic mass is 16.2. The Bertz CT molecular complexity index is 401. The number of hydrogen-bond acceptors (Lipinski definition) is 2. The van der Waals surface area contributed by atoms with Crippen LogP contribution in [0.2, 0.25) is 0 Å². The van der Waals surface area contributed by atoms with Crippen LogP contribution in [0, 0.1) is 5.41 Å². The molecule has 3 rings (SSSR count). The largest absolute Gasteiger partial charge is 0.331 e. The van der Waals surface area contributed by atoms with Crippen molar-refractivity contribution in [2.45, 2.75) is 64.3 Å². The zero-order valence-electron chi connectivity index (χ0n) is 12.6. The third-order valence-corrected chi connectivity index (χ3v) is 5.69. The van der Waals surface area contributed by atoms with E-state index in [4.69, 9.17) is 0 Å². The molecule has 2 aliphatic heterocycles. The van der Waals surface area contributed by atoms with Crippen molar-refractivity contribution in [3.05, 3.63) is 0 Å². The predicted octanol–water partition coefficient (Wildman–Crippen LogP) is 2.18. The molecule has 0 aromatic rings. The Morgan fingerprint density at radius 1 is 1.15 bits per heavy atom. The van der Waals surface area contributed by atoms with Gasteiger partial charge in [-0.3, -0.25) is 9.59 Å². The van der Waals surface area contributed by atoms with Gasteiger partial charge < -0.3 is 9.80 Å².